The fourth-order valence-corrected chi connectivity index (χ4v) is 2.74. The van der Waals surface area contributed by atoms with Crippen LogP contribution in [0.1, 0.15) is 35.8 Å². The minimum atomic E-state index is -0.0576. The zero-order valence-corrected chi connectivity index (χ0v) is 20.0. The van der Waals surface area contributed by atoms with Crippen molar-refractivity contribution in [2.45, 2.75) is 26.3 Å². The van der Waals surface area contributed by atoms with Crippen LogP contribution in [0.25, 0.3) is 11.2 Å². The highest BCUT2D eigenvalue weighted by Gasteiger charge is 2.10. The van der Waals surface area contributed by atoms with Crippen LogP contribution in [0.4, 0.5) is 17.5 Å². The second-order valence-corrected chi connectivity index (χ2v) is 6.51. The minimum absolute atomic E-state index is 0.0576. The van der Waals surface area contributed by atoms with Crippen molar-refractivity contribution in [1.82, 2.24) is 25.3 Å². The minimum Gasteiger partial charge on any atom is -0.400 e. The van der Waals surface area contributed by atoms with E-state index in [0.29, 0.717) is 29.8 Å². The molecule has 0 fully saturated rings. The molecule has 0 atom stereocenters. The lowest BCUT2D eigenvalue weighted by Crippen LogP contribution is -2.24. The van der Waals surface area contributed by atoms with Crippen molar-refractivity contribution in [3.05, 3.63) is 41.7 Å². The van der Waals surface area contributed by atoms with Crippen molar-refractivity contribution >= 4 is 41.3 Å². The third kappa shape index (κ3) is 8.92. The van der Waals surface area contributed by atoms with Crippen molar-refractivity contribution in [1.29, 1.82) is 0 Å². The number of amides is 1. The summed E-state index contributed by atoms with van der Waals surface area (Å²) in [4.78, 5) is 38.8. The molecule has 186 valence electrons. The van der Waals surface area contributed by atoms with Crippen LogP contribution in [0.15, 0.2) is 30.5 Å². The second-order valence-electron chi connectivity index (χ2n) is 6.51. The fraction of sp³-hybridized carbons (Fsp3) is 0.364. The standard InChI is InChI=1S/C19H24N8O.2CH4O.CH2O/c1-3-4-9-22-18(28)12-5-7-14(8-6-12)27(2)11-13-10-23-17-15(24-13)16(20)25-19(21)26-17;3*1-2/h5-8,10H,3-4,9,11H2,1-2H3,(H,22,28)(H4,20,21,23,25,26);2*2H,1H3;1H2. The van der Waals surface area contributed by atoms with Crippen molar-refractivity contribution in [3.63, 3.8) is 0 Å². The number of benzene rings is 1. The summed E-state index contributed by atoms with van der Waals surface area (Å²) in [7, 11) is 3.94. The summed E-state index contributed by atoms with van der Waals surface area (Å²) in [6, 6.07) is 7.43. The third-order valence-corrected chi connectivity index (χ3v) is 4.29. The van der Waals surface area contributed by atoms with Gasteiger partial charge in [-0.3, -0.25) is 4.79 Å². The molecule has 34 heavy (non-hydrogen) atoms. The molecule has 0 aliphatic rings. The summed E-state index contributed by atoms with van der Waals surface area (Å²) in [6.45, 7) is 5.29. The summed E-state index contributed by atoms with van der Waals surface area (Å²) >= 11 is 0. The third-order valence-electron chi connectivity index (χ3n) is 4.29. The maximum Gasteiger partial charge on any atom is 0.251 e. The van der Waals surface area contributed by atoms with Crippen LogP contribution >= 0.6 is 0 Å². The van der Waals surface area contributed by atoms with Crippen LogP contribution in [0.2, 0.25) is 0 Å². The molecule has 12 nitrogen and oxygen atoms in total. The molecule has 1 amide bonds. The zero-order valence-electron chi connectivity index (χ0n) is 20.0. The summed E-state index contributed by atoms with van der Waals surface area (Å²) < 4.78 is 0. The Bertz CT molecular complexity index is 1000. The van der Waals surface area contributed by atoms with E-state index < -0.39 is 0 Å². The smallest absolute Gasteiger partial charge is 0.251 e. The van der Waals surface area contributed by atoms with E-state index in [1.165, 1.54) is 0 Å². The van der Waals surface area contributed by atoms with Crippen LogP contribution in [-0.4, -0.2) is 70.7 Å². The normalized spacial score (nSPS) is 9.35. The maximum atomic E-state index is 12.1. The van der Waals surface area contributed by atoms with E-state index in [0.717, 1.165) is 38.4 Å². The van der Waals surface area contributed by atoms with Gasteiger partial charge in [0.05, 0.1) is 18.4 Å². The quantitative estimate of drug-likeness (QED) is 0.304. The Morgan fingerprint density at radius 2 is 1.68 bits per heavy atom. The first-order valence-corrected chi connectivity index (χ1v) is 10.3. The second kappa shape index (κ2) is 16.7. The van der Waals surface area contributed by atoms with E-state index in [9.17, 15) is 4.79 Å². The number of anilines is 3. The summed E-state index contributed by atoms with van der Waals surface area (Å²) in [5.74, 6) is 0.221. The van der Waals surface area contributed by atoms with Crippen LogP contribution in [0.3, 0.4) is 0 Å². The summed E-state index contributed by atoms with van der Waals surface area (Å²) in [6.07, 6.45) is 3.66. The van der Waals surface area contributed by atoms with E-state index in [4.69, 9.17) is 26.5 Å². The van der Waals surface area contributed by atoms with Gasteiger partial charge in [-0.05, 0) is 30.7 Å². The first-order chi connectivity index (χ1) is 16.5. The Hall–Kier alpha value is -3.90. The van der Waals surface area contributed by atoms with Crippen LogP contribution in [-0.2, 0) is 11.3 Å². The Morgan fingerprint density at radius 1 is 1.06 bits per heavy atom. The first-order valence-electron chi connectivity index (χ1n) is 10.3. The molecular weight excluding hydrogens is 440 g/mol. The molecule has 0 radical (unpaired) electrons. The maximum absolute atomic E-state index is 12.1. The molecule has 0 saturated carbocycles. The van der Waals surface area contributed by atoms with Crippen molar-refractivity contribution < 1.29 is 19.8 Å². The number of aliphatic hydroxyl groups is 2. The van der Waals surface area contributed by atoms with E-state index in [2.05, 4.69) is 32.2 Å². The number of hydrogen-bond acceptors (Lipinski definition) is 11. The van der Waals surface area contributed by atoms with Gasteiger partial charge in [-0.15, -0.1) is 0 Å². The molecule has 2 aromatic heterocycles. The van der Waals surface area contributed by atoms with Crippen LogP contribution in [0, 0.1) is 0 Å². The molecule has 1 aromatic carbocycles. The van der Waals surface area contributed by atoms with Gasteiger partial charge in [-0.2, -0.15) is 9.97 Å². The summed E-state index contributed by atoms with van der Waals surface area (Å²) in [5, 5.41) is 16.9. The molecule has 2 heterocycles. The average Bonchev–Trinajstić information content (AvgIpc) is 2.88. The monoisotopic (exact) mass is 474 g/mol. The van der Waals surface area contributed by atoms with Gasteiger partial charge in [0.25, 0.3) is 5.91 Å². The van der Waals surface area contributed by atoms with Gasteiger partial charge in [0.2, 0.25) is 5.95 Å². The highest BCUT2D eigenvalue weighted by atomic mass is 16.2. The fourth-order valence-electron chi connectivity index (χ4n) is 2.74. The van der Waals surface area contributed by atoms with Gasteiger partial charge in [0, 0.05) is 39.1 Å². The molecule has 0 spiro atoms. The number of carbonyl (C=O) groups excluding carboxylic acids is 2. The van der Waals surface area contributed by atoms with Gasteiger partial charge in [0.1, 0.15) is 6.79 Å². The highest BCUT2D eigenvalue weighted by Crippen LogP contribution is 2.18. The number of fused-ring (bicyclic) bond motifs is 1. The Labute approximate surface area is 199 Å². The molecule has 0 bridgehead atoms. The first kappa shape index (κ1) is 30.1. The lowest BCUT2D eigenvalue weighted by molar-refractivity contribution is -0.0980. The predicted octanol–water partition coefficient (Wildman–Crippen LogP) is 0.783. The Kier molecular flexibility index (Phi) is 14.8. The van der Waals surface area contributed by atoms with Crippen molar-refractivity contribution in [2.75, 3.05) is 44.2 Å². The molecule has 0 unspecified atom stereocenters. The Morgan fingerprint density at radius 3 is 2.26 bits per heavy atom. The molecule has 3 rings (SSSR count). The van der Waals surface area contributed by atoms with E-state index in [-0.39, 0.29) is 17.7 Å². The number of aliphatic hydroxyl groups excluding tert-OH is 2. The molecule has 0 aliphatic carbocycles. The number of rotatable bonds is 7. The topological polar surface area (TPSA) is 193 Å². The lowest BCUT2D eigenvalue weighted by atomic mass is 10.1. The van der Waals surface area contributed by atoms with Gasteiger partial charge in [-0.1, -0.05) is 13.3 Å². The molecule has 3 aromatic rings. The lowest BCUT2D eigenvalue weighted by Gasteiger charge is -2.19. The van der Waals surface area contributed by atoms with Crippen molar-refractivity contribution in [2.24, 2.45) is 0 Å². The van der Waals surface area contributed by atoms with E-state index in [1.807, 2.05) is 43.0 Å². The average molecular weight is 475 g/mol. The number of nitrogens with zero attached hydrogens (tertiary/aromatic N) is 5. The van der Waals surface area contributed by atoms with Gasteiger partial charge >= 0.3 is 0 Å². The molecule has 0 saturated heterocycles. The number of hydrogen-bond donors (Lipinski definition) is 5. The van der Waals surface area contributed by atoms with Crippen molar-refractivity contribution in [3.8, 4) is 0 Å². The highest BCUT2D eigenvalue weighted by molar-refractivity contribution is 5.94. The summed E-state index contributed by atoms with van der Waals surface area (Å²) in [5.41, 5.74) is 14.6. The largest absolute Gasteiger partial charge is 0.400 e. The molecule has 12 heteroatoms. The number of unbranched alkanes of at least 4 members (excludes halogenated alkanes) is 1. The van der Waals surface area contributed by atoms with Crippen LogP contribution in [0.5, 0.6) is 0 Å². The molecular formula is C22H34N8O4. The number of nitrogen functional groups attached to an aromatic ring is 2. The van der Waals surface area contributed by atoms with E-state index in [1.54, 1.807) is 6.20 Å². The molecule has 7 N–H and O–H groups in total. The van der Waals surface area contributed by atoms with Gasteiger partial charge in [-0.25, -0.2) is 9.97 Å². The van der Waals surface area contributed by atoms with Gasteiger partial charge < -0.3 is 36.7 Å². The number of nitrogens with two attached hydrogens (primary N) is 2. The number of aromatic nitrogens is 4. The number of carbonyl (C=O) groups is 2. The van der Waals surface area contributed by atoms with Gasteiger partial charge in [0.15, 0.2) is 17.0 Å². The Balaban J connectivity index is 0.00000168. The molecule has 0 aliphatic heterocycles. The van der Waals surface area contributed by atoms with E-state index >= 15 is 0 Å². The number of nitrogens with one attached hydrogen (secondary N) is 1. The predicted molar refractivity (Wildman–Crippen MR) is 133 cm³/mol. The SMILES string of the molecule is C=O.CCCCNC(=O)c1ccc(N(C)Cc2cnc3nc(N)nc(N)c3n2)cc1.CO.CO. The van der Waals surface area contributed by atoms with Crippen LogP contribution < -0.4 is 21.7 Å². The zero-order chi connectivity index (χ0) is 26.1.